The predicted molar refractivity (Wildman–Crippen MR) is 77.3 cm³/mol. The zero-order chi connectivity index (χ0) is 13.4. The Hall–Kier alpha value is -1.77. The summed E-state index contributed by atoms with van der Waals surface area (Å²) in [5, 5.41) is 4.12. The first kappa shape index (κ1) is 12.3. The van der Waals surface area contributed by atoms with Crippen LogP contribution in [0.4, 0.5) is 0 Å². The molecular weight excluding hydrogens is 236 g/mol. The summed E-state index contributed by atoms with van der Waals surface area (Å²) in [5.41, 5.74) is 2.89. The molecule has 0 radical (unpaired) electrons. The molecule has 0 spiro atoms. The molecule has 1 aromatic carbocycles. The van der Waals surface area contributed by atoms with Crippen molar-refractivity contribution in [3.05, 3.63) is 35.5 Å². The van der Waals surface area contributed by atoms with Gasteiger partial charge >= 0.3 is 0 Å². The molecule has 3 heteroatoms. The van der Waals surface area contributed by atoms with E-state index in [1.54, 1.807) is 0 Å². The summed E-state index contributed by atoms with van der Waals surface area (Å²) >= 11 is 0. The van der Waals surface area contributed by atoms with Crippen molar-refractivity contribution in [2.45, 2.75) is 26.7 Å². The van der Waals surface area contributed by atoms with Crippen molar-refractivity contribution in [3.8, 4) is 0 Å². The highest BCUT2D eigenvalue weighted by molar-refractivity contribution is 5.98. The molecule has 2 N–H and O–H groups in total. The summed E-state index contributed by atoms with van der Waals surface area (Å²) in [4.78, 5) is 15.3. The minimum atomic E-state index is 0.00982. The number of aromatic nitrogens is 1. The molecule has 1 aliphatic carbocycles. The highest BCUT2D eigenvalue weighted by atomic mass is 16.1. The van der Waals surface area contributed by atoms with Gasteiger partial charge in [-0.2, -0.15) is 0 Å². The van der Waals surface area contributed by atoms with Gasteiger partial charge in [0, 0.05) is 17.4 Å². The molecule has 1 fully saturated rings. The zero-order valence-electron chi connectivity index (χ0n) is 11.5. The van der Waals surface area contributed by atoms with Crippen LogP contribution in [0.3, 0.4) is 0 Å². The average Bonchev–Trinajstić information content (AvgIpc) is 3.04. The van der Waals surface area contributed by atoms with Crippen LogP contribution in [0.1, 0.15) is 35.8 Å². The molecule has 0 unspecified atom stereocenters. The van der Waals surface area contributed by atoms with Crippen molar-refractivity contribution in [1.29, 1.82) is 0 Å². The number of rotatable bonds is 4. The maximum Gasteiger partial charge on any atom is 0.267 e. The molecule has 2 aromatic rings. The predicted octanol–water partition coefficient (Wildman–Crippen LogP) is 3.25. The van der Waals surface area contributed by atoms with Gasteiger partial charge in [-0.05, 0) is 42.9 Å². The Kier molecular flexibility index (Phi) is 3.05. The largest absolute Gasteiger partial charge is 0.351 e. The molecule has 1 amide bonds. The summed E-state index contributed by atoms with van der Waals surface area (Å²) < 4.78 is 0. The lowest BCUT2D eigenvalue weighted by Crippen LogP contribution is -2.26. The van der Waals surface area contributed by atoms with Crippen LogP contribution in [0.15, 0.2) is 24.3 Å². The molecule has 1 saturated carbocycles. The monoisotopic (exact) mass is 256 g/mol. The number of aromatic amines is 1. The van der Waals surface area contributed by atoms with E-state index < -0.39 is 0 Å². The second-order valence-electron chi connectivity index (χ2n) is 5.65. The third-order valence-electron chi connectivity index (χ3n) is 4.14. The quantitative estimate of drug-likeness (QED) is 0.866. The molecule has 1 aliphatic rings. The number of benzene rings is 1. The van der Waals surface area contributed by atoms with Crippen LogP contribution in [-0.2, 0) is 0 Å². The molecule has 1 aromatic heterocycles. The van der Waals surface area contributed by atoms with Crippen LogP contribution in [-0.4, -0.2) is 17.4 Å². The highest BCUT2D eigenvalue weighted by Crippen LogP contribution is 2.40. The van der Waals surface area contributed by atoms with Gasteiger partial charge in [0.25, 0.3) is 5.91 Å². The van der Waals surface area contributed by atoms with E-state index in [0.29, 0.717) is 11.6 Å². The van der Waals surface area contributed by atoms with Gasteiger partial charge < -0.3 is 10.3 Å². The van der Waals surface area contributed by atoms with Gasteiger partial charge in [0.05, 0.1) is 0 Å². The molecule has 2 atom stereocenters. The third-order valence-corrected chi connectivity index (χ3v) is 4.14. The molecule has 1 heterocycles. The first-order chi connectivity index (χ1) is 9.17. The number of hydrogen-bond acceptors (Lipinski definition) is 1. The molecule has 3 rings (SSSR count). The lowest BCUT2D eigenvalue weighted by molar-refractivity contribution is 0.0947. The fourth-order valence-corrected chi connectivity index (χ4v) is 2.74. The van der Waals surface area contributed by atoms with Gasteiger partial charge in [-0.15, -0.1) is 0 Å². The fraction of sp³-hybridized carbons (Fsp3) is 0.438. The Bertz CT molecular complexity index is 614. The SMILES string of the molecule is CC[C@@H]1C[C@H]1CNC(=O)c1cc2ccc(C)cc2[nH]1. The Morgan fingerprint density at radius 3 is 2.95 bits per heavy atom. The maximum atomic E-state index is 12.1. The smallest absolute Gasteiger partial charge is 0.267 e. The van der Waals surface area contributed by atoms with Crippen molar-refractivity contribution in [3.63, 3.8) is 0 Å². The standard InChI is InChI=1S/C16H20N2O/c1-3-11-7-13(11)9-17-16(19)15-8-12-5-4-10(2)6-14(12)18-15/h4-6,8,11,13,18H,3,7,9H2,1-2H3,(H,17,19)/t11-,13+/m1/s1. The molecule has 0 aliphatic heterocycles. The number of amides is 1. The van der Waals surface area contributed by atoms with E-state index in [2.05, 4.69) is 36.3 Å². The summed E-state index contributed by atoms with van der Waals surface area (Å²) in [6.07, 6.45) is 2.49. The van der Waals surface area contributed by atoms with Crippen LogP contribution in [0.2, 0.25) is 0 Å². The molecule has 19 heavy (non-hydrogen) atoms. The fourth-order valence-electron chi connectivity index (χ4n) is 2.74. The van der Waals surface area contributed by atoms with E-state index in [1.807, 2.05) is 12.1 Å². The number of carbonyl (C=O) groups excluding carboxylic acids is 1. The minimum absolute atomic E-state index is 0.00982. The van der Waals surface area contributed by atoms with Gasteiger partial charge in [-0.3, -0.25) is 4.79 Å². The summed E-state index contributed by atoms with van der Waals surface area (Å²) in [6.45, 7) is 5.08. The van der Waals surface area contributed by atoms with E-state index in [-0.39, 0.29) is 5.91 Å². The normalized spacial score (nSPS) is 21.6. The van der Waals surface area contributed by atoms with Crippen LogP contribution in [0.5, 0.6) is 0 Å². The van der Waals surface area contributed by atoms with Gasteiger partial charge in [0.2, 0.25) is 0 Å². The Labute approximate surface area is 113 Å². The lowest BCUT2D eigenvalue weighted by Gasteiger charge is -2.02. The van der Waals surface area contributed by atoms with Gasteiger partial charge in [-0.25, -0.2) is 0 Å². The Balaban J connectivity index is 1.68. The summed E-state index contributed by atoms with van der Waals surface area (Å²) in [6, 6.07) is 8.11. The Morgan fingerprint density at radius 2 is 2.21 bits per heavy atom. The topological polar surface area (TPSA) is 44.9 Å². The molecule has 3 nitrogen and oxygen atoms in total. The van der Waals surface area contributed by atoms with Crippen molar-refractivity contribution >= 4 is 16.8 Å². The van der Waals surface area contributed by atoms with Gasteiger partial charge in [-0.1, -0.05) is 25.5 Å². The second kappa shape index (κ2) is 4.72. The molecule has 0 saturated heterocycles. The second-order valence-corrected chi connectivity index (χ2v) is 5.65. The van der Waals surface area contributed by atoms with Crippen molar-refractivity contribution in [1.82, 2.24) is 10.3 Å². The number of fused-ring (bicyclic) bond motifs is 1. The van der Waals surface area contributed by atoms with E-state index in [4.69, 9.17) is 0 Å². The lowest BCUT2D eigenvalue weighted by atomic mass is 10.2. The zero-order valence-corrected chi connectivity index (χ0v) is 11.5. The highest BCUT2D eigenvalue weighted by Gasteiger charge is 2.35. The summed E-state index contributed by atoms with van der Waals surface area (Å²) in [5.74, 6) is 1.53. The average molecular weight is 256 g/mol. The van der Waals surface area contributed by atoms with Crippen molar-refractivity contribution in [2.24, 2.45) is 11.8 Å². The number of H-pyrrole nitrogens is 1. The van der Waals surface area contributed by atoms with Crippen LogP contribution in [0, 0.1) is 18.8 Å². The summed E-state index contributed by atoms with van der Waals surface area (Å²) in [7, 11) is 0. The van der Waals surface area contributed by atoms with E-state index in [0.717, 1.165) is 23.4 Å². The first-order valence-corrected chi connectivity index (χ1v) is 7.05. The molecular formula is C16H20N2O. The van der Waals surface area contributed by atoms with E-state index in [9.17, 15) is 4.79 Å². The van der Waals surface area contributed by atoms with E-state index >= 15 is 0 Å². The maximum absolute atomic E-state index is 12.1. The van der Waals surface area contributed by atoms with Crippen LogP contribution >= 0.6 is 0 Å². The third kappa shape index (κ3) is 2.50. The molecule has 0 bridgehead atoms. The van der Waals surface area contributed by atoms with Gasteiger partial charge in [0.15, 0.2) is 0 Å². The van der Waals surface area contributed by atoms with Gasteiger partial charge in [0.1, 0.15) is 5.69 Å². The van der Waals surface area contributed by atoms with Crippen LogP contribution < -0.4 is 5.32 Å². The number of aryl methyl sites for hydroxylation is 1. The van der Waals surface area contributed by atoms with E-state index in [1.165, 1.54) is 18.4 Å². The first-order valence-electron chi connectivity index (χ1n) is 7.05. The number of nitrogens with one attached hydrogen (secondary N) is 2. The van der Waals surface area contributed by atoms with Crippen molar-refractivity contribution in [2.75, 3.05) is 6.54 Å². The minimum Gasteiger partial charge on any atom is -0.351 e. The van der Waals surface area contributed by atoms with Crippen LogP contribution in [0.25, 0.3) is 10.9 Å². The van der Waals surface area contributed by atoms with Crippen molar-refractivity contribution < 1.29 is 4.79 Å². The number of carbonyl (C=O) groups is 1. The number of hydrogen-bond donors (Lipinski definition) is 2. The Morgan fingerprint density at radius 1 is 1.37 bits per heavy atom. The molecule has 100 valence electrons.